The average molecular weight is 436 g/mol. The highest BCUT2D eigenvalue weighted by molar-refractivity contribution is 6.09. The number of rotatable bonds is 5. The van der Waals surface area contributed by atoms with E-state index in [1.807, 2.05) is 53.1 Å². The van der Waals surface area contributed by atoms with E-state index in [4.69, 9.17) is 5.73 Å². The molecule has 5 nitrogen and oxygen atoms in total. The maximum absolute atomic E-state index is 13.9. The summed E-state index contributed by atoms with van der Waals surface area (Å²) in [5, 5.41) is 4.90. The molecular formula is C27H21FN4O. The normalized spacial score (nSPS) is 11.4. The van der Waals surface area contributed by atoms with Gasteiger partial charge in [-0.05, 0) is 54.1 Å². The lowest BCUT2D eigenvalue weighted by molar-refractivity contribution is -0.116. The van der Waals surface area contributed by atoms with Crippen molar-refractivity contribution in [3.05, 3.63) is 108 Å². The Labute approximate surface area is 190 Å². The van der Waals surface area contributed by atoms with Gasteiger partial charge < -0.3 is 15.6 Å². The van der Waals surface area contributed by atoms with Gasteiger partial charge in [0.1, 0.15) is 5.82 Å². The maximum Gasteiger partial charge on any atom is 0.244 e. The quantitative estimate of drug-likeness (QED) is 0.293. The number of halogens is 1. The number of aromatic nitrogens is 2. The molecular weight excluding hydrogens is 415 g/mol. The number of pyridine rings is 1. The summed E-state index contributed by atoms with van der Waals surface area (Å²) in [4.78, 5) is 16.8. The van der Waals surface area contributed by atoms with Gasteiger partial charge in [-0.2, -0.15) is 0 Å². The number of benzene rings is 3. The maximum atomic E-state index is 13.9. The Kier molecular flexibility index (Phi) is 5.32. The lowest BCUT2D eigenvalue weighted by Crippen LogP contribution is -2.20. The summed E-state index contributed by atoms with van der Waals surface area (Å²) in [7, 11) is 0. The van der Waals surface area contributed by atoms with Gasteiger partial charge in [0.25, 0.3) is 0 Å². The smallest absolute Gasteiger partial charge is 0.244 e. The van der Waals surface area contributed by atoms with E-state index in [1.165, 1.54) is 18.2 Å². The molecule has 6 heteroatoms. The Balaban J connectivity index is 1.42. The number of nitrogens with two attached hydrogens (primary N) is 1. The SMILES string of the molecule is Nc1ccc(/C=C/C(=O)NCc2cc3c4ccccc4n(-c4cccc(F)c4)c3cn2)cc1. The van der Waals surface area contributed by atoms with Crippen molar-refractivity contribution >= 4 is 39.5 Å². The Morgan fingerprint density at radius 2 is 1.79 bits per heavy atom. The molecule has 0 atom stereocenters. The zero-order valence-electron chi connectivity index (χ0n) is 17.7. The molecule has 33 heavy (non-hydrogen) atoms. The van der Waals surface area contributed by atoms with Crippen molar-refractivity contribution in [2.24, 2.45) is 0 Å². The summed E-state index contributed by atoms with van der Waals surface area (Å²) in [6, 6.07) is 23.7. The number of nitrogens with one attached hydrogen (secondary N) is 1. The van der Waals surface area contributed by atoms with Crippen LogP contribution in [0.25, 0.3) is 33.6 Å². The van der Waals surface area contributed by atoms with Crippen LogP contribution in [0.3, 0.4) is 0 Å². The third-order valence-corrected chi connectivity index (χ3v) is 5.49. The molecule has 2 aromatic heterocycles. The fourth-order valence-corrected chi connectivity index (χ4v) is 3.92. The molecule has 0 radical (unpaired) electrons. The molecule has 3 N–H and O–H groups in total. The van der Waals surface area contributed by atoms with Crippen LogP contribution in [0.15, 0.2) is 91.1 Å². The molecule has 2 heterocycles. The Morgan fingerprint density at radius 3 is 2.61 bits per heavy atom. The highest BCUT2D eigenvalue weighted by Crippen LogP contribution is 2.32. The van der Waals surface area contributed by atoms with Crippen LogP contribution in [0.2, 0.25) is 0 Å². The van der Waals surface area contributed by atoms with Crippen LogP contribution in [0.5, 0.6) is 0 Å². The largest absolute Gasteiger partial charge is 0.399 e. The summed E-state index contributed by atoms with van der Waals surface area (Å²) in [6.07, 6.45) is 4.99. The molecule has 0 bridgehead atoms. The number of carbonyl (C=O) groups is 1. The van der Waals surface area contributed by atoms with Crippen LogP contribution in [-0.2, 0) is 11.3 Å². The van der Waals surface area contributed by atoms with E-state index in [0.29, 0.717) is 12.2 Å². The molecule has 162 valence electrons. The van der Waals surface area contributed by atoms with Crippen molar-refractivity contribution in [1.29, 1.82) is 0 Å². The molecule has 5 rings (SSSR count). The second-order valence-electron chi connectivity index (χ2n) is 7.74. The summed E-state index contributed by atoms with van der Waals surface area (Å²) in [6.45, 7) is 0.292. The van der Waals surface area contributed by atoms with Crippen molar-refractivity contribution < 1.29 is 9.18 Å². The van der Waals surface area contributed by atoms with Gasteiger partial charge >= 0.3 is 0 Å². The zero-order valence-corrected chi connectivity index (χ0v) is 17.7. The number of amides is 1. The molecule has 0 aliphatic heterocycles. The molecule has 1 amide bonds. The average Bonchev–Trinajstić information content (AvgIpc) is 3.16. The third-order valence-electron chi connectivity index (χ3n) is 5.49. The summed E-state index contributed by atoms with van der Waals surface area (Å²) in [5.41, 5.74) is 10.6. The van der Waals surface area contributed by atoms with Gasteiger partial charge in [-0.25, -0.2) is 4.39 Å². The summed E-state index contributed by atoms with van der Waals surface area (Å²) >= 11 is 0. The van der Waals surface area contributed by atoms with Crippen molar-refractivity contribution in [3.8, 4) is 5.69 Å². The second-order valence-corrected chi connectivity index (χ2v) is 7.74. The van der Waals surface area contributed by atoms with Gasteiger partial charge in [-0.15, -0.1) is 0 Å². The highest BCUT2D eigenvalue weighted by atomic mass is 19.1. The Bertz CT molecular complexity index is 1500. The van der Waals surface area contributed by atoms with Gasteiger partial charge in [0.2, 0.25) is 5.91 Å². The number of nitrogens with zero attached hydrogens (tertiary/aromatic N) is 2. The van der Waals surface area contributed by atoms with Crippen molar-refractivity contribution in [1.82, 2.24) is 14.9 Å². The van der Waals surface area contributed by atoms with Crippen molar-refractivity contribution in [3.63, 3.8) is 0 Å². The van der Waals surface area contributed by atoms with Crippen molar-refractivity contribution in [2.45, 2.75) is 6.54 Å². The van der Waals surface area contributed by atoms with Gasteiger partial charge in [0.05, 0.1) is 29.5 Å². The van der Waals surface area contributed by atoms with E-state index >= 15 is 0 Å². The predicted molar refractivity (Wildman–Crippen MR) is 130 cm³/mol. The number of nitrogen functional groups attached to an aromatic ring is 1. The first kappa shape index (κ1) is 20.5. The molecule has 0 aliphatic carbocycles. The molecule has 0 fully saturated rings. The lowest BCUT2D eigenvalue weighted by atomic mass is 10.1. The van der Waals surface area contributed by atoms with Crippen LogP contribution in [0.1, 0.15) is 11.3 Å². The van der Waals surface area contributed by atoms with E-state index in [9.17, 15) is 9.18 Å². The van der Waals surface area contributed by atoms with Gasteiger partial charge in [-0.3, -0.25) is 9.78 Å². The number of fused-ring (bicyclic) bond motifs is 3. The Hall–Kier alpha value is -4.45. The molecule has 0 spiro atoms. The van der Waals surface area contributed by atoms with Gasteiger partial charge in [-0.1, -0.05) is 36.4 Å². The molecule has 0 saturated heterocycles. The van der Waals surface area contributed by atoms with Crippen LogP contribution in [0.4, 0.5) is 10.1 Å². The highest BCUT2D eigenvalue weighted by Gasteiger charge is 2.13. The minimum absolute atomic E-state index is 0.212. The number of anilines is 1. The third kappa shape index (κ3) is 4.19. The molecule has 0 saturated carbocycles. The summed E-state index contributed by atoms with van der Waals surface area (Å²) < 4.78 is 15.9. The topological polar surface area (TPSA) is 72.9 Å². The van der Waals surface area contributed by atoms with Crippen LogP contribution in [-0.4, -0.2) is 15.5 Å². The number of hydrogen-bond acceptors (Lipinski definition) is 3. The monoisotopic (exact) mass is 436 g/mol. The van der Waals surface area contributed by atoms with Gasteiger partial charge in [0, 0.05) is 28.2 Å². The van der Waals surface area contributed by atoms with E-state index in [0.717, 1.165) is 38.8 Å². The first-order valence-corrected chi connectivity index (χ1v) is 10.5. The van der Waals surface area contributed by atoms with Crippen LogP contribution >= 0.6 is 0 Å². The molecule has 0 aliphatic rings. The second kappa shape index (κ2) is 8.59. The van der Waals surface area contributed by atoms with E-state index in [1.54, 1.807) is 30.5 Å². The fraction of sp³-hybridized carbons (Fsp3) is 0.0370. The first-order chi connectivity index (χ1) is 16.1. The van der Waals surface area contributed by atoms with E-state index in [2.05, 4.69) is 10.3 Å². The van der Waals surface area contributed by atoms with E-state index < -0.39 is 0 Å². The van der Waals surface area contributed by atoms with E-state index in [-0.39, 0.29) is 11.7 Å². The molecule has 0 unspecified atom stereocenters. The molecule has 5 aromatic rings. The molecule has 3 aromatic carbocycles. The fourth-order valence-electron chi connectivity index (χ4n) is 3.92. The standard InChI is InChI=1S/C27H21FN4O/c28-19-4-3-5-22(14-19)32-25-7-2-1-6-23(25)24-15-21(30-17-26(24)32)16-31-27(33)13-10-18-8-11-20(29)12-9-18/h1-15,17H,16,29H2,(H,31,33)/b13-10+. The summed E-state index contributed by atoms with van der Waals surface area (Å²) in [5.74, 6) is -0.506. The van der Waals surface area contributed by atoms with Gasteiger partial charge in [0.15, 0.2) is 0 Å². The minimum atomic E-state index is -0.294. The number of para-hydroxylation sites is 1. The van der Waals surface area contributed by atoms with Crippen LogP contribution < -0.4 is 11.1 Å². The number of carbonyl (C=O) groups excluding carboxylic acids is 1. The zero-order chi connectivity index (χ0) is 22.8. The lowest BCUT2D eigenvalue weighted by Gasteiger charge is -2.08. The van der Waals surface area contributed by atoms with Crippen LogP contribution in [0, 0.1) is 5.82 Å². The number of hydrogen-bond donors (Lipinski definition) is 2. The van der Waals surface area contributed by atoms with Crippen molar-refractivity contribution in [2.75, 3.05) is 5.73 Å². The minimum Gasteiger partial charge on any atom is -0.399 e. The first-order valence-electron chi connectivity index (χ1n) is 10.5. The predicted octanol–water partition coefficient (Wildman–Crippen LogP) is 5.23. The Morgan fingerprint density at radius 1 is 0.970 bits per heavy atom.